The first-order chi connectivity index (χ1) is 11.6. The Hall–Kier alpha value is -3.02. The van der Waals surface area contributed by atoms with Gasteiger partial charge >= 0.3 is 0 Å². The van der Waals surface area contributed by atoms with Crippen LogP contribution in [0.15, 0.2) is 48.7 Å². The fourth-order valence-electron chi connectivity index (χ4n) is 2.31. The quantitative estimate of drug-likeness (QED) is 0.743. The van der Waals surface area contributed by atoms with Crippen LogP contribution < -0.4 is 10.6 Å². The predicted octanol–water partition coefficient (Wildman–Crippen LogP) is 3.98. The average molecular weight is 323 g/mol. The topological polar surface area (TPSA) is 62.7 Å². The molecule has 3 rings (SSSR count). The Balaban J connectivity index is 1.68. The largest absolute Gasteiger partial charge is 0.349 e. The smallest absolute Gasteiger partial charge is 0.244 e. The van der Waals surface area contributed by atoms with Crippen LogP contribution in [-0.2, 0) is 6.54 Å². The van der Waals surface area contributed by atoms with E-state index in [1.54, 1.807) is 18.3 Å². The number of nitrogens with one attached hydrogen (secondary N) is 2. The summed E-state index contributed by atoms with van der Waals surface area (Å²) in [6, 6.07) is 12.4. The van der Waals surface area contributed by atoms with Crippen LogP contribution in [0.5, 0.6) is 0 Å². The van der Waals surface area contributed by atoms with Gasteiger partial charge in [0.25, 0.3) is 0 Å². The zero-order valence-electron chi connectivity index (χ0n) is 13.5. The number of rotatable bonds is 5. The molecule has 1 heterocycles. The molecular weight excluding hydrogens is 305 g/mol. The predicted molar refractivity (Wildman–Crippen MR) is 92.8 cm³/mol. The number of nitrogens with zero attached hydrogens (tertiary/aromatic N) is 3. The number of halogens is 1. The molecule has 0 unspecified atom stereocenters. The molecule has 2 aromatic carbocycles. The monoisotopic (exact) mass is 323 g/mol. The van der Waals surface area contributed by atoms with Gasteiger partial charge in [-0.15, -0.1) is 5.10 Å². The zero-order chi connectivity index (χ0) is 16.9. The molecule has 0 amide bonds. The first kappa shape index (κ1) is 15.9. The van der Waals surface area contributed by atoms with E-state index in [1.165, 1.54) is 17.7 Å². The van der Waals surface area contributed by atoms with Crippen molar-refractivity contribution in [3.63, 3.8) is 0 Å². The van der Waals surface area contributed by atoms with Crippen molar-refractivity contribution >= 4 is 17.5 Å². The molecule has 0 aliphatic heterocycles. The summed E-state index contributed by atoms with van der Waals surface area (Å²) in [6.45, 7) is 4.59. The third-order valence-corrected chi connectivity index (χ3v) is 3.57. The Labute approximate surface area is 140 Å². The lowest BCUT2D eigenvalue weighted by atomic mass is 10.1. The van der Waals surface area contributed by atoms with E-state index in [0.717, 1.165) is 16.8 Å². The molecule has 5 nitrogen and oxygen atoms in total. The summed E-state index contributed by atoms with van der Waals surface area (Å²) in [5, 5.41) is 14.2. The van der Waals surface area contributed by atoms with Gasteiger partial charge in [0.1, 0.15) is 5.82 Å². The molecule has 0 aliphatic rings. The minimum absolute atomic E-state index is 0.253. The summed E-state index contributed by atoms with van der Waals surface area (Å²) >= 11 is 0. The van der Waals surface area contributed by atoms with Crippen LogP contribution in [-0.4, -0.2) is 15.2 Å². The Morgan fingerprint density at radius 2 is 1.83 bits per heavy atom. The third-order valence-electron chi connectivity index (χ3n) is 3.57. The fraction of sp³-hybridized carbons (Fsp3) is 0.167. The van der Waals surface area contributed by atoms with E-state index < -0.39 is 0 Å². The van der Waals surface area contributed by atoms with Crippen LogP contribution in [0.4, 0.5) is 21.8 Å². The fourth-order valence-corrected chi connectivity index (χ4v) is 2.31. The SMILES string of the molecule is Cc1ccc(Nc2cnnc(NCc3ccc(F)cc3)n2)c(C)c1. The van der Waals surface area contributed by atoms with Crippen molar-refractivity contribution in [1.82, 2.24) is 15.2 Å². The molecule has 0 atom stereocenters. The van der Waals surface area contributed by atoms with E-state index >= 15 is 0 Å². The van der Waals surface area contributed by atoms with E-state index in [2.05, 4.69) is 38.8 Å². The van der Waals surface area contributed by atoms with Crippen LogP contribution in [0.2, 0.25) is 0 Å². The van der Waals surface area contributed by atoms with Crippen molar-refractivity contribution < 1.29 is 4.39 Å². The molecule has 0 saturated carbocycles. The van der Waals surface area contributed by atoms with E-state index in [0.29, 0.717) is 18.3 Å². The number of hydrogen-bond acceptors (Lipinski definition) is 5. The van der Waals surface area contributed by atoms with Gasteiger partial charge in [0.15, 0.2) is 5.82 Å². The van der Waals surface area contributed by atoms with Crippen molar-refractivity contribution in [3.8, 4) is 0 Å². The highest BCUT2D eigenvalue weighted by atomic mass is 19.1. The Morgan fingerprint density at radius 1 is 1.04 bits per heavy atom. The molecule has 24 heavy (non-hydrogen) atoms. The van der Waals surface area contributed by atoms with Gasteiger partial charge in [-0.2, -0.15) is 10.1 Å². The lowest BCUT2D eigenvalue weighted by Gasteiger charge is -2.10. The first-order valence-electron chi connectivity index (χ1n) is 7.62. The maximum Gasteiger partial charge on any atom is 0.244 e. The maximum absolute atomic E-state index is 12.9. The molecule has 0 saturated heterocycles. The molecule has 6 heteroatoms. The standard InChI is InChI=1S/C18H18FN5/c1-12-3-8-16(13(2)9-12)22-17-11-21-24-18(23-17)20-10-14-4-6-15(19)7-5-14/h3-9,11H,10H2,1-2H3,(H2,20,22,23,24). The van der Waals surface area contributed by atoms with Gasteiger partial charge in [-0.3, -0.25) is 0 Å². The maximum atomic E-state index is 12.9. The molecular formula is C18H18FN5. The van der Waals surface area contributed by atoms with Crippen LogP contribution in [0.25, 0.3) is 0 Å². The number of aryl methyl sites for hydroxylation is 2. The molecule has 2 N–H and O–H groups in total. The molecule has 0 bridgehead atoms. The second-order valence-electron chi connectivity index (χ2n) is 5.59. The molecule has 0 radical (unpaired) electrons. The summed E-state index contributed by atoms with van der Waals surface area (Å²) in [7, 11) is 0. The molecule has 1 aromatic heterocycles. The van der Waals surface area contributed by atoms with Gasteiger partial charge < -0.3 is 10.6 Å². The van der Waals surface area contributed by atoms with Crippen molar-refractivity contribution in [2.45, 2.75) is 20.4 Å². The number of hydrogen-bond donors (Lipinski definition) is 2. The highest BCUT2D eigenvalue weighted by molar-refractivity contribution is 5.60. The minimum atomic E-state index is -0.253. The minimum Gasteiger partial charge on any atom is -0.349 e. The zero-order valence-corrected chi connectivity index (χ0v) is 13.5. The summed E-state index contributed by atoms with van der Waals surface area (Å²) in [5.74, 6) is 0.768. The second-order valence-corrected chi connectivity index (χ2v) is 5.59. The lowest BCUT2D eigenvalue weighted by Crippen LogP contribution is -2.06. The van der Waals surface area contributed by atoms with Gasteiger partial charge in [-0.1, -0.05) is 29.8 Å². The van der Waals surface area contributed by atoms with E-state index in [9.17, 15) is 4.39 Å². The molecule has 0 aliphatic carbocycles. The Bertz CT molecular complexity index is 833. The van der Waals surface area contributed by atoms with Crippen molar-refractivity contribution in [2.75, 3.05) is 10.6 Å². The number of anilines is 3. The van der Waals surface area contributed by atoms with Crippen molar-refractivity contribution in [2.24, 2.45) is 0 Å². The van der Waals surface area contributed by atoms with Crippen molar-refractivity contribution in [3.05, 3.63) is 71.2 Å². The number of aromatic nitrogens is 3. The van der Waals surface area contributed by atoms with E-state index in [1.807, 2.05) is 19.1 Å². The number of benzene rings is 2. The molecule has 3 aromatic rings. The summed E-state index contributed by atoms with van der Waals surface area (Å²) in [5.41, 5.74) is 4.26. The summed E-state index contributed by atoms with van der Waals surface area (Å²) < 4.78 is 12.9. The van der Waals surface area contributed by atoms with Crippen LogP contribution in [0, 0.1) is 19.7 Å². The summed E-state index contributed by atoms with van der Waals surface area (Å²) in [4.78, 5) is 4.39. The molecule has 122 valence electrons. The van der Waals surface area contributed by atoms with Gasteiger partial charge in [-0.05, 0) is 43.2 Å². The van der Waals surface area contributed by atoms with Crippen molar-refractivity contribution in [1.29, 1.82) is 0 Å². The molecule has 0 spiro atoms. The van der Waals surface area contributed by atoms with Crippen LogP contribution in [0.1, 0.15) is 16.7 Å². The molecule has 0 fully saturated rings. The normalized spacial score (nSPS) is 10.5. The Morgan fingerprint density at radius 3 is 2.58 bits per heavy atom. The average Bonchev–Trinajstić information content (AvgIpc) is 2.57. The highest BCUT2D eigenvalue weighted by Crippen LogP contribution is 2.20. The third kappa shape index (κ3) is 4.04. The summed E-state index contributed by atoms with van der Waals surface area (Å²) in [6.07, 6.45) is 1.57. The van der Waals surface area contributed by atoms with E-state index in [4.69, 9.17) is 0 Å². The van der Waals surface area contributed by atoms with Crippen LogP contribution in [0.3, 0.4) is 0 Å². The van der Waals surface area contributed by atoms with Gasteiger partial charge in [0.2, 0.25) is 5.95 Å². The highest BCUT2D eigenvalue weighted by Gasteiger charge is 2.04. The van der Waals surface area contributed by atoms with Gasteiger partial charge in [0, 0.05) is 12.2 Å². The Kier molecular flexibility index (Phi) is 4.65. The van der Waals surface area contributed by atoms with Crippen LogP contribution >= 0.6 is 0 Å². The van der Waals surface area contributed by atoms with Gasteiger partial charge in [-0.25, -0.2) is 4.39 Å². The second kappa shape index (κ2) is 7.04. The van der Waals surface area contributed by atoms with Gasteiger partial charge in [0.05, 0.1) is 6.20 Å². The first-order valence-corrected chi connectivity index (χ1v) is 7.62. The van der Waals surface area contributed by atoms with E-state index in [-0.39, 0.29) is 5.82 Å². The lowest BCUT2D eigenvalue weighted by molar-refractivity contribution is 0.627.